The molecule has 1 N–H and O–H groups in total. The number of carbonyl (C=O) groups excluding carboxylic acids is 1. The molecule has 4 nitrogen and oxygen atoms in total. The molecule has 0 aromatic heterocycles. The van der Waals surface area contributed by atoms with Crippen molar-refractivity contribution in [1.29, 1.82) is 0 Å². The molecule has 0 spiro atoms. The van der Waals surface area contributed by atoms with Crippen LogP contribution >= 0.6 is 0 Å². The smallest absolute Gasteiger partial charge is 0.194 e. The molecule has 0 saturated heterocycles. The Balaban J connectivity index is 2.44. The maximum atomic E-state index is 12.0. The Kier molecular flexibility index (Phi) is 3.38. The van der Waals surface area contributed by atoms with Gasteiger partial charge in [-0.1, -0.05) is 30.3 Å². The molecule has 2 rings (SSSR count). The summed E-state index contributed by atoms with van der Waals surface area (Å²) in [7, 11) is 1.48. The van der Waals surface area contributed by atoms with Gasteiger partial charge in [0.25, 0.3) is 0 Å². The molecule has 0 radical (unpaired) electrons. The Morgan fingerprint density at radius 3 is 2.71 bits per heavy atom. The van der Waals surface area contributed by atoms with Crippen molar-refractivity contribution < 1.29 is 19.4 Å². The largest absolute Gasteiger partial charge is 0.392 e. The molecule has 1 aromatic rings. The molecule has 2 unspecified atom stereocenters. The van der Waals surface area contributed by atoms with Crippen LogP contribution in [0.1, 0.15) is 5.56 Å². The third kappa shape index (κ3) is 2.02. The number of rotatable bonds is 3. The number of carbonyl (C=O) groups is 1. The zero-order valence-corrected chi connectivity index (χ0v) is 9.50. The number of ketones is 1. The van der Waals surface area contributed by atoms with Crippen LogP contribution in [0.3, 0.4) is 0 Å². The van der Waals surface area contributed by atoms with Crippen molar-refractivity contribution in [2.45, 2.75) is 11.9 Å². The van der Waals surface area contributed by atoms with Crippen LogP contribution in [0.5, 0.6) is 0 Å². The number of aliphatic hydroxyl groups is 1. The van der Waals surface area contributed by atoms with Gasteiger partial charge in [-0.25, -0.2) is 0 Å². The second kappa shape index (κ2) is 4.79. The molecule has 0 aliphatic carbocycles. The van der Waals surface area contributed by atoms with E-state index in [1.807, 2.05) is 6.07 Å². The second-order valence-corrected chi connectivity index (χ2v) is 3.80. The Morgan fingerprint density at radius 2 is 2.12 bits per heavy atom. The number of hydrogen-bond acceptors (Lipinski definition) is 4. The summed E-state index contributed by atoms with van der Waals surface area (Å²) >= 11 is 0. The van der Waals surface area contributed by atoms with Gasteiger partial charge in [0.1, 0.15) is 0 Å². The molecule has 0 fully saturated rings. The molecule has 17 heavy (non-hydrogen) atoms. The van der Waals surface area contributed by atoms with Crippen molar-refractivity contribution in [2.24, 2.45) is 0 Å². The average Bonchev–Trinajstić information content (AvgIpc) is 2.40. The van der Waals surface area contributed by atoms with Gasteiger partial charge >= 0.3 is 0 Å². The zero-order chi connectivity index (χ0) is 12.3. The molecule has 2 atom stereocenters. The molecule has 90 valence electrons. The van der Waals surface area contributed by atoms with E-state index in [0.717, 1.165) is 0 Å². The molecule has 0 bridgehead atoms. The fourth-order valence-corrected chi connectivity index (χ4v) is 1.85. The lowest BCUT2D eigenvalue weighted by Gasteiger charge is -2.35. The van der Waals surface area contributed by atoms with E-state index in [-0.39, 0.29) is 5.78 Å². The van der Waals surface area contributed by atoms with Crippen molar-refractivity contribution in [3.05, 3.63) is 48.0 Å². The Morgan fingerprint density at radius 1 is 1.41 bits per heavy atom. The summed E-state index contributed by atoms with van der Waals surface area (Å²) in [5.74, 6) is -0.278. The highest BCUT2D eigenvalue weighted by Crippen LogP contribution is 2.31. The summed E-state index contributed by atoms with van der Waals surface area (Å²) in [6.07, 6.45) is 2.29. The van der Waals surface area contributed by atoms with Crippen LogP contribution in [0, 0.1) is 0 Å². The first kappa shape index (κ1) is 12.0. The minimum absolute atomic E-state index is 0.278. The second-order valence-electron chi connectivity index (χ2n) is 3.80. The summed E-state index contributed by atoms with van der Waals surface area (Å²) in [6, 6.07) is 8.93. The molecule has 0 saturated carbocycles. The van der Waals surface area contributed by atoms with Crippen molar-refractivity contribution in [3.63, 3.8) is 0 Å². The van der Waals surface area contributed by atoms with E-state index >= 15 is 0 Å². The number of aliphatic hydroxyl groups excluding tert-OH is 1. The Bertz CT molecular complexity index is 426. The molecule has 0 amide bonds. The van der Waals surface area contributed by atoms with Crippen LogP contribution in [-0.2, 0) is 19.9 Å². The van der Waals surface area contributed by atoms with Gasteiger partial charge in [-0.3, -0.25) is 4.79 Å². The van der Waals surface area contributed by atoms with Gasteiger partial charge in [0.05, 0.1) is 6.61 Å². The molecular weight excluding hydrogens is 220 g/mol. The maximum Gasteiger partial charge on any atom is 0.194 e. The highest BCUT2D eigenvalue weighted by Gasteiger charge is 2.43. The third-order valence-electron chi connectivity index (χ3n) is 2.82. The monoisotopic (exact) mass is 234 g/mol. The van der Waals surface area contributed by atoms with Crippen molar-refractivity contribution in [1.82, 2.24) is 0 Å². The van der Waals surface area contributed by atoms with Crippen LogP contribution < -0.4 is 0 Å². The van der Waals surface area contributed by atoms with E-state index in [1.54, 1.807) is 24.3 Å². The number of hydrogen-bond donors (Lipinski definition) is 1. The summed E-state index contributed by atoms with van der Waals surface area (Å²) in [5.41, 5.74) is -0.727. The molecule has 4 heteroatoms. The quantitative estimate of drug-likeness (QED) is 0.847. The summed E-state index contributed by atoms with van der Waals surface area (Å²) in [6.45, 7) is -0.417. The van der Waals surface area contributed by atoms with Gasteiger partial charge in [0.2, 0.25) is 0 Å². The molecule has 1 heterocycles. The third-order valence-corrected chi connectivity index (χ3v) is 2.82. The minimum atomic E-state index is -1.35. The first-order chi connectivity index (χ1) is 8.23. The van der Waals surface area contributed by atoms with Crippen LogP contribution in [0.2, 0.25) is 0 Å². The SMILES string of the molecule is COC1C=CC(=O)C(CO)(c2ccccc2)O1. The Labute approximate surface area is 99.5 Å². The van der Waals surface area contributed by atoms with Crippen LogP contribution in [0.4, 0.5) is 0 Å². The minimum Gasteiger partial charge on any atom is -0.392 e. The van der Waals surface area contributed by atoms with Gasteiger partial charge in [0.15, 0.2) is 17.7 Å². The van der Waals surface area contributed by atoms with E-state index < -0.39 is 18.5 Å². The summed E-state index contributed by atoms with van der Waals surface area (Å²) in [5, 5.41) is 9.54. The molecule has 1 aromatic carbocycles. The first-order valence-corrected chi connectivity index (χ1v) is 5.32. The van der Waals surface area contributed by atoms with Gasteiger partial charge < -0.3 is 14.6 Å². The van der Waals surface area contributed by atoms with Crippen LogP contribution in [0.25, 0.3) is 0 Å². The van der Waals surface area contributed by atoms with Crippen molar-refractivity contribution in [3.8, 4) is 0 Å². The number of benzene rings is 1. The van der Waals surface area contributed by atoms with Crippen molar-refractivity contribution >= 4 is 5.78 Å². The van der Waals surface area contributed by atoms with Crippen molar-refractivity contribution in [2.75, 3.05) is 13.7 Å². The lowest BCUT2D eigenvalue weighted by atomic mass is 9.88. The summed E-state index contributed by atoms with van der Waals surface area (Å²) in [4.78, 5) is 12.0. The zero-order valence-electron chi connectivity index (χ0n) is 9.50. The van der Waals surface area contributed by atoms with E-state index in [1.165, 1.54) is 19.3 Å². The van der Waals surface area contributed by atoms with Crippen LogP contribution in [-0.4, -0.2) is 30.9 Å². The Hall–Kier alpha value is -1.49. The van der Waals surface area contributed by atoms with E-state index in [9.17, 15) is 9.90 Å². The lowest BCUT2D eigenvalue weighted by molar-refractivity contribution is -0.200. The first-order valence-electron chi connectivity index (χ1n) is 5.32. The fourth-order valence-electron chi connectivity index (χ4n) is 1.85. The highest BCUT2D eigenvalue weighted by atomic mass is 16.7. The van der Waals surface area contributed by atoms with Gasteiger partial charge in [-0.15, -0.1) is 0 Å². The predicted molar refractivity (Wildman–Crippen MR) is 61.2 cm³/mol. The standard InChI is InChI=1S/C13H14O4/c1-16-12-8-7-11(15)13(9-14,17-12)10-5-3-2-4-6-10/h2-8,12,14H,9H2,1H3. The lowest BCUT2D eigenvalue weighted by Crippen LogP contribution is -2.46. The van der Waals surface area contributed by atoms with Crippen LogP contribution in [0.15, 0.2) is 42.5 Å². The normalized spacial score (nSPS) is 28.4. The topological polar surface area (TPSA) is 55.8 Å². The van der Waals surface area contributed by atoms with E-state index in [2.05, 4.69) is 0 Å². The van der Waals surface area contributed by atoms with Gasteiger partial charge in [-0.2, -0.15) is 0 Å². The van der Waals surface area contributed by atoms with Gasteiger partial charge in [0, 0.05) is 7.11 Å². The maximum absolute atomic E-state index is 12.0. The number of ether oxygens (including phenoxy) is 2. The summed E-state index contributed by atoms with van der Waals surface area (Å²) < 4.78 is 10.6. The van der Waals surface area contributed by atoms with E-state index in [0.29, 0.717) is 5.56 Å². The molecular formula is C13H14O4. The fraction of sp³-hybridized carbons (Fsp3) is 0.308. The molecule has 1 aliphatic rings. The highest BCUT2D eigenvalue weighted by molar-refractivity contribution is 5.98. The average molecular weight is 234 g/mol. The van der Waals surface area contributed by atoms with Gasteiger partial charge in [-0.05, 0) is 17.7 Å². The molecule has 1 aliphatic heterocycles. The number of methoxy groups -OCH3 is 1. The van der Waals surface area contributed by atoms with E-state index in [4.69, 9.17) is 9.47 Å². The predicted octanol–water partition coefficient (Wildman–Crippen LogP) is 1.00.